The summed E-state index contributed by atoms with van der Waals surface area (Å²) in [4.78, 5) is 62.8. The first-order valence-corrected chi connectivity index (χ1v) is 38.8. The van der Waals surface area contributed by atoms with Crippen LogP contribution in [0.5, 0.6) is 51.7 Å². The van der Waals surface area contributed by atoms with Gasteiger partial charge in [-0.3, -0.25) is 9.59 Å². The summed E-state index contributed by atoms with van der Waals surface area (Å²) in [5, 5.41) is 256. The van der Waals surface area contributed by atoms with Gasteiger partial charge in [0.1, 0.15) is 213 Å². The maximum absolute atomic E-state index is 13.3. The standard InChI is InChI=1S/C81H90O46/c82-25-45-57(93)63(99)69(105)76(122-45)115-36-10-1-31(2-11-36)7-16-52(88)111-27-47-59(95)65(101)71(107)78(124-47)117-38-14-5-33(6-15-38)9-18-54(90)113-29-49-61(97)67(103)73(109)80(126-49)120-43-20-34(75-44(23-39-40(85)21-35(84)22-41(39)118-75)121-81-74(110)68(104)62(98)50(127-81)30-114-55(91)24-51(86)87)19-42(56(43)92)119-79-72(108)66(102)60(96)48(125-79)28-112-53(89)17-8-32-3-12-37(13-4-32)116-77-70(106)64(100)58(94)46(26-83)123-77/h1-23,45-50,57-74,76-83,93-110H,24-30H2,(H3-,84,85,86,87,92)/p+1/b16-7+,17-8+,18-9+/t45-,46+,47+,48+,49+,50+,57-,58+,59+,60+,61+,62+,63+,64-,65-,66-,67-,68-,69-,70+,71+,72+,73+,74+,76-,77+,78+,79+,80+,81+/m0/s1. The number of aliphatic carboxylic acids is 1. The number of ether oxygens (including phenoxy) is 16. The lowest BCUT2D eigenvalue weighted by molar-refractivity contribution is -0.279. The molecule has 1 aromatic heterocycles. The molecule has 7 heterocycles. The third-order valence-corrected chi connectivity index (χ3v) is 20.7. The number of rotatable bonds is 31. The Hall–Kier alpha value is -10.8. The quantitative estimate of drug-likeness (QED) is 0.00632. The molecule has 127 heavy (non-hydrogen) atoms. The van der Waals surface area contributed by atoms with Crippen molar-refractivity contribution in [3.05, 3.63) is 138 Å². The largest absolute Gasteiger partial charge is 0.507 e. The smallest absolute Gasteiger partial charge is 0.402 e. The van der Waals surface area contributed by atoms with Crippen molar-refractivity contribution in [2.45, 2.75) is 191 Å². The number of aromatic hydroxyl groups is 3. The third-order valence-electron chi connectivity index (χ3n) is 20.7. The van der Waals surface area contributed by atoms with Gasteiger partial charge < -0.3 is 198 Å². The van der Waals surface area contributed by atoms with Crippen molar-refractivity contribution in [3.63, 3.8) is 0 Å². The first kappa shape index (κ1) is 95.3. The highest BCUT2D eigenvalue weighted by Crippen LogP contribution is 2.48. The molecule has 0 radical (unpaired) electrons. The molecule has 6 aliphatic heterocycles. The second kappa shape index (κ2) is 42.0. The second-order valence-electron chi connectivity index (χ2n) is 29.6. The number of aliphatic hydroxyl groups is 20. The van der Waals surface area contributed by atoms with Crippen LogP contribution in [0.4, 0.5) is 0 Å². The maximum atomic E-state index is 13.3. The van der Waals surface area contributed by atoms with Crippen molar-refractivity contribution in [1.29, 1.82) is 0 Å². The Morgan fingerprint density at radius 1 is 0.339 bits per heavy atom. The van der Waals surface area contributed by atoms with Crippen molar-refractivity contribution in [2.75, 3.05) is 39.6 Å². The van der Waals surface area contributed by atoms with Gasteiger partial charge in [-0.2, -0.15) is 0 Å². The molecule has 690 valence electrons. The number of fused-ring (bicyclic) bond motifs is 1. The van der Waals surface area contributed by atoms with E-state index in [1.54, 1.807) is 0 Å². The topological polar surface area (TPSA) is 730 Å². The van der Waals surface area contributed by atoms with Crippen molar-refractivity contribution < 1.29 is 227 Å². The van der Waals surface area contributed by atoms with Gasteiger partial charge in [0.25, 0.3) is 0 Å². The first-order valence-electron chi connectivity index (χ1n) is 38.8. The molecule has 6 saturated heterocycles. The second-order valence-corrected chi connectivity index (χ2v) is 29.6. The Morgan fingerprint density at radius 2 is 0.630 bits per heavy atom. The zero-order valence-electron chi connectivity index (χ0n) is 65.8. The van der Waals surface area contributed by atoms with Crippen LogP contribution in [0.15, 0.2) is 126 Å². The van der Waals surface area contributed by atoms with Gasteiger partial charge in [0.05, 0.1) is 24.8 Å². The Kier molecular flexibility index (Phi) is 31.5. The lowest BCUT2D eigenvalue weighted by atomic mass is 9.99. The Bertz CT molecular complexity index is 4820. The molecule has 6 fully saturated rings. The molecule has 24 N–H and O–H groups in total. The molecule has 0 spiro atoms. The monoisotopic (exact) mass is 1800 g/mol. The minimum absolute atomic E-state index is 0.00287. The SMILES string of the molecule is O=C(O)CC(=O)OC[C@H]1O[C@@H](Oc2cc3c(O)cc(O)cc3[o+]c2-c2cc(O[C@@H]3O[C@H](COC(=O)/C=C/c4ccc(O[C@@H]5O[C@H](CO)[C@@H](O)[C@H](O)[C@H]5O)cc4)[C@@H](O)[C@H](O)[C@H]3O)c(O)c(O[C@@H]3O[C@H](COC(=O)/C=C/c4ccc(O[C@@H]5O[C@H](COC(=O)/C=C/c6ccc(O[C@H]7O[C@@H](CO)[C@H](O)[C@@H](O)[C@@H]7O)cc6)[C@@H](O)[C@H](O)[C@H]5O)cc4)[C@@H](O)[C@H](O)[C@H]3O)c2)[C@H](O)[C@@H](O)[C@@H]1O. The van der Waals surface area contributed by atoms with Crippen LogP contribution in [-0.2, 0) is 71.3 Å². The van der Waals surface area contributed by atoms with E-state index in [9.17, 15) is 141 Å². The highest BCUT2D eigenvalue weighted by atomic mass is 16.8. The number of aliphatic hydroxyl groups excluding tert-OH is 20. The fourth-order valence-electron chi connectivity index (χ4n) is 13.5. The van der Waals surface area contributed by atoms with Crippen LogP contribution >= 0.6 is 0 Å². The van der Waals surface area contributed by atoms with Gasteiger partial charge in [-0.25, -0.2) is 18.8 Å². The minimum Gasteiger partial charge on any atom is -0.507 e. The van der Waals surface area contributed by atoms with E-state index in [1.165, 1.54) is 91.0 Å². The van der Waals surface area contributed by atoms with Gasteiger partial charge in [0.2, 0.25) is 49.2 Å². The zero-order chi connectivity index (χ0) is 91.7. The molecule has 0 aliphatic carbocycles. The molecule has 0 amide bonds. The van der Waals surface area contributed by atoms with E-state index in [1.807, 2.05) is 0 Å². The number of hydrogen-bond donors (Lipinski definition) is 24. The molecule has 0 saturated carbocycles. The van der Waals surface area contributed by atoms with Gasteiger partial charge in [0.15, 0.2) is 11.5 Å². The van der Waals surface area contributed by atoms with Crippen molar-refractivity contribution in [3.8, 4) is 63.1 Å². The van der Waals surface area contributed by atoms with Gasteiger partial charge in [0, 0.05) is 42.5 Å². The number of carboxylic acids is 1. The minimum atomic E-state index is -2.31. The van der Waals surface area contributed by atoms with E-state index < -0.39 is 312 Å². The molecular formula is C81H91O46+. The van der Waals surface area contributed by atoms with Crippen molar-refractivity contribution in [1.82, 2.24) is 0 Å². The average Bonchev–Trinajstić information content (AvgIpc) is 0.757. The maximum Gasteiger partial charge on any atom is 0.402 e. The van der Waals surface area contributed by atoms with Crippen molar-refractivity contribution in [2.24, 2.45) is 0 Å². The Labute approximate surface area is 714 Å². The first-order chi connectivity index (χ1) is 60.4. The number of benzene rings is 5. The van der Waals surface area contributed by atoms with Gasteiger partial charge in [-0.15, -0.1) is 0 Å². The predicted octanol–water partition coefficient (Wildman–Crippen LogP) is -6.61. The fourth-order valence-corrected chi connectivity index (χ4v) is 13.5. The molecule has 6 aliphatic rings. The normalized spacial score (nSPS) is 33.4. The number of hydrogen-bond acceptors (Lipinski definition) is 44. The molecule has 46 nitrogen and oxygen atoms in total. The average molecular weight is 1800 g/mol. The van der Waals surface area contributed by atoms with Gasteiger partial charge in [-0.05, 0) is 71.3 Å². The number of carboxylic acid groups (broad SMARTS) is 1. The predicted molar refractivity (Wildman–Crippen MR) is 412 cm³/mol. The lowest BCUT2D eigenvalue weighted by Gasteiger charge is -2.40. The van der Waals surface area contributed by atoms with E-state index >= 15 is 0 Å². The van der Waals surface area contributed by atoms with Crippen LogP contribution in [0.3, 0.4) is 0 Å². The van der Waals surface area contributed by atoms with Gasteiger partial charge >= 0.3 is 41.2 Å². The Morgan fingerprint density at radius 3 is 0.945 bits per heavy atom. The summed E-state index contributed by atoms with van der Waals surface area (Å²) in [5.41, 5.74) is 0.195. The number of carbonyl (C=O) groups excluding carboxylic acids is 4. The molecular weight excluding hydrogens is 1710 g/mol. The number of phenolic OH excluding ortho intramolecular Hbond substituents is 3. The van der Waals surface area contributed by atoms with E-state index in [0.717, 1.165) is 48.6 Å². The summed E-state index contributed by atoms with van der Waals surface area (Å²) in [6.45, 7) is -4.83. The van der Waals surface area contributed by atoms with Crippen LogP contribution in [0.2, 0.25) is 0 Å². The van der Waals surface area contributed by atoms with Crippen molar-refractivity contribution >= 4 is 59.0 Å². The van der Waals surface area contributed by atoms with Crippen LogP contribution in [-0.4, -0.2) is 376 Å². The summed E-state index contributed by atoms with van der Waals surface area (Å²) in [6.07, 6.45) is -50.4. The summed E-state index contributed by atoms with van der Waals surface area (Å²) in [7, 11) is 0. The van der Waals surface area contributed by atoms with Crippen LogP contribution in [0.25, 0.3) is 40.5 Å². The van der Waals surface area contributed by atoms with E-state index in [-0.39, 0.29) is 22.6 Å². The molecule has 12 rings (SSSR count). The Balaban J connectivity index is 0.725. The summed E-state index contributed by atoms with van der Waals surface area (Å²) < 4.78 is 95.8. The summed E-state index contributed by atoms with van der Waals surface area (Å²) >= 11 is 0. The summed E-state index contributed by atoms with van der Waals surface area (Å²) in [5.74, 6) is -11.4. The van der Waals surface area contributed by atoms with E-state index in [4.69, 9.17) is 85.3 Å². The van der Waals surface area contributed by atoms with E-state index in [2.05, 4.69) is 0 Å². The number of esters is 4. The summed E-state index contributed by atoms with van der Waals surface area (Å²) in [6, 6.07) is 21.5. The highest BCUT2D eigenvalue weighted by molar-refractivity contribution is 5.91. The van der Waals surface area contributed by atoms with Crippen LogP contribution in [0, 0.1) is 0 Å². The molecule has 0 unspecified atom stereocenters. The number of carbonyl (C=O) groups is 5. The lowest BCUT2D eigenvalue weighted by Crippen LogP contribution is -2.60. The number of phenols is 3. The van der Waals surface area contributed by atoms with Gasteiger partial charge in [-0.1, -0.05) is 36.4 Å². The van der Waals surface area contributed by atoms with Crippen LogP contribution < -0.4 is 28.4 Å². The molecule has 6 aromatic rings. The molecule has 5 aromatic carbocycles. The van der Waals surface area contributed by atoms with E-state index in [0.29, 0.717) is 16.7 Å². The molecule has 46 heteroatoms. The highest BCUT2D eigenvalue weighted by Gasteiger charge is 2.52. The fraction of sp³-hybridized carbons (Fsp3) is 0.457. The molecule has 0 bridgehead atoms. The molecule has 30 atom stereocenters. The van der Waals surface area contributed by atoms with Crippen LogP contribution in [0.1, 0.15) is 23.1 Å². The third kappa shape index (κ3) is 22.9. The zero-order valence-corrected chi connectivity index (χ0v) is 65.8.